The van der Waals surface area contributed by atoms with Gasteiger partial charge in [0.15, 0.2) is 0 Å². The molecular formula is C25H33N5O2. The molecule has 1 unspecified atom stereocenters. The number of aromatic nitrogens is 3. The number of nitrogens with zero attached hydrogens (tertiary/aromatic N) is 2. The maximum atomic E-state index is 13.0. The second kappa shape index (κ2) is 8.37. The van der Waals surface area contributed by atoms with Crippen LogP contribution in [0.15, 0.2) is 24.3 Å². The lowest BCUT2D eigenvalue weighted by Crippen LogP contribution is -2.48. The van der Waals surface area contributed by atoms with Gasteiger partial charge in [0.1, 0.15) is 5.69 Å². The minimum atomic E-state index is -0.131. The van der Waals surface area contributed by atoms with Crippen LogP contribution < -0.4 is 5.32 Å². The Hall–Kier alpha value is -2.64. The molecule has 1 aromatic carbocycles. The number of fused-ring (bicyclic) bond motifs is 2. The van der Waals surface area contributed by atoms with E-state index in [0.29, 0.717) is 18.6 Å². The lowest BCUT2D eigenvalue weighted by molar-refractivity contribution is -0.123. The molecule has 0 bridgehead atoms. The highest BCUT2D eigenvalue weighted by molar-refractivity contribution is 5.97. The van der Waals surface area contributed by atoms with E-state index in [4.69, 9.17) is 4.74 Å². The number of ether oxygens (including phenoxy) is 1. The molecule has 5 rings (SSSR count). The molecule has 2 aliphatic rings. The summed E-state index contributed by atoms with van der Waals surface area (Å²) in [6.07, 6.45) is 4.03. The van der Waals surface area contributed by atoms with E-state index in [0.717, 1.165) is 60.3 Å². The molecule has 1 fully saturated rings. The molecule has 0 saturated carbocycles. The van der Waals surface area contributed by atoms with Crippen LogP contribution in [0.3, 0.4) is 0 Å². The van der Waals surface area contributed by atoms with E-state index in [1.807, 2.05) is 12.1 Å². The maximum absolute atomic E-state index is 13.0. The Morgan fingerprint density at radius 2 is 2.09 bits per heavy atom. The average Bonchev–Trinajstić information content (AvgIpc) is 3.37. The molecule has 3 aromatic rings. The lowest BCUT2D eigenvalue weighted by atomic mass is 9.76. The van der Waals surface area contributed by atoms with Crippen molar-refractivity contribution in [3.8, 4) is 11.4 Å². The fourth-order valence-corrected chi connectivity index (χ4v) is 5.13. The topological polar surface area (TPSA) is 86.0 Å². The number of hydrogen-bond donors (Lipinski definition) is 3. The molecule has 32 heavy (non-hydrogen) atoms. The highest BCUT2D eigenvalue weighted by Crippen LogP contribution is 2.38. The second-order valence-corrected chi connectivity index (χ2v) is 9.92. The Balaban J connectivity index is 1.36. The van der Waals surface area contributed by atoms with Crippen LogP contribution in [0, 0.1) is 5.41 Å². The SMILES string of the molecule is CCC(C(=O)Nc1ccc2cc(-c3n[nH]c4c3CCC(C)(C)C4)[nH]c2c1)N1CCOCC1. The monoisotopic (exact) mass is 435 g/mol. The molecule has 3 N–H and O–H groups in total. The van der Waals surface area contributed by atoms with E-state index in [-0.39, 0.29) is 11.9 Å². The van der Waals surface area contributed by atoms with Gasteiger partial charge in [-0.3, -0.25) is 14.8 Å². The Morgan fingerprint density at radius 3 is 2.88 bits per heavy atom. The summed E-state index contributed by atoms with van der Waals surface area (Å²) in [7, 11) is 0. The van der Waals surface area contributed by atoms with E-state index >= 15 is 0 Å². The number of hydrogen-bond acceptors (Lipinski definition) is 4. The van der Waals surface area contributed by atoms with E-state index in [1.165, 1.54) is 17.7 Å². The van der Waals surface area contributed by atoms with Gasteiger partial charge in [0, 0.05) is 40.9 Å². The first kappa shape index (κ1) is 21.2. The van der Waals surface area contributed by atoms with Gasteiger partial charge >= 0.3 is 0 Å². The highest BCUT2D eigenvalue weighted by Gasteiger charge is 2.29. The van der Waals surface area contributed by atoms with Crippen LogP contribution >= 0.6 is 0 Å². The predicted octanol–water partition coefficient (Wildman–Crippen LogP) is 4.12. The van der Waals surface area contributed by atoms with Gasteiger partial charge in [-0.25, -0.2) is 0 Å². The van der Waals surface area contributed by atoms with Crippen LogP contribution in [-0.2, 0) is 22.4 Å². The van der Waals surface area contributed by atoms with Gasteiger partial charge < -0.3 is 15.0 Å². The van der Waals surface area contributed by atoms with Crippen LogP contribution in [-0.4, -0.2) is 58.3 Å². The number of benzene rings is 1. The number of H-pyrrole nitrogens is 2. The van der Waals surface area contributed by atoms with E-state index in [1.54, 1.807) is 0 Å². The zero-order valence-corrected chi connectivity index (χ0v) is 19.3. The summed E-state index contributed by atoms with van der Waals surface area (Å²) >= 11 is 0. The van der Waals surface area contributed by atoms with Crippen LogP contribution in [0.4, 0.5) is 5.69 Å². The molecule has 7 nitrogen and oxygen atoms in total. The minimum Gasteiger partial charge on any atom is -0.379 e. The largest absolute Gasteiger partial charge is 0.379 e. The molecule has 0 spiro atoms. The number of nitrogens with one attached hydrogen (secondary N) is 3. The molecule has 1 aliphatic heterocycles. The van der Waals surface area contributed by atoms with E-state index < -0.39 is 0 Å². The molecule has 1 atom stereocenters. The number of carbonyl (C=O) groups excluding carboxylic acids is 1. The third-order valence-electron chi connectivity index (χ3n) is 6.98. The number of amides is 1. The molecule has 1 saturated heterocycles. The smallest absolute Gasteiger partial charge is 0.241 e. The van der Waals surface area contributed by atoms with Crippen LogP contribution in [0.1, 0.15) is 44.9 Å². The minimum absolute atomic E-state index is 0.0458. The predicted molar refractivity (Wildman–Crippen MR) is 127 cm³/mol. The lowest BCUT2D eigenvalue weighted by Gasteiger charge is -2.32. The maximum Gasteiger partial charge on any atom is 0.241 e. The Bertz CT molecular complexity index is 1120. The van der Waals surface area contributed by atoms with Gasteiger partial charge in [-0.05, 0) is 49.3 Å². The van der Waals surface area contributed by atoms with Gasteiger partial charge in [0.2, 0.25) is 5.91 Å². The van der Waals surface area contributed by atoms with Crippen molar-refractivity contribution < 1.29 is 9.53 Å². The molecular weight excluding hydrogens is 402 g/mol. The van der Waals surface area contributed by atoms with Crippen molar-refractivity contribution in [2.24, 2.45) is 5.41 Å². The summed E-state index contributed by atoms with van der Waals surface area (Å²) in [5.41, 5.74) is 6.79. The third-order valence-corrected chi connectivity index (χ3v) is 6.98. The molecule has 2 aromatic heterocycles. The van der Waals surface area contributed by atoms with Crippen molar-refractivity contribution in [1.82, 2.24) is 20.1 Å². The number of rotatable bonds is 5. The van der Waals surface area contributed by atoms with Crippen molar-refractivity contribution in [3.63, 3.8) is 0 Å². The molecule has 0 radical (unpaired) electrons. The number of carbonyl (C=O) groups is 1. The molecule has 7 heteroatoms. The normalized spacial score (nSPS) is 19.6. The molecule has 1 amide bonds. The first-order chi connectivity index (χ1) is 15.4. The van der Waals surface area contributed by atoms with Gasteiger partial charge in [-0.1, -0.05) is 26.8 Å². The first-order valence-corrected chi connectivity index (χ1v) is 11.8. The Kier molecular flexibility index (Phi) is 5.55. The van der Waals surface area contributed by atoms with Gasteiger partial charge in [0.05, 0.1) is 24.9 Å². The summed E-state index contributed by atoms with van der Waals surface area (Å²) < 4.78 is 5.43. The van der Waals surface area contributed by atoms with Crippen molar-refractivity contribution in [1.29, 1.82) is 0 Å². The van der Waals surface area contributed by atoms with Crippen molar-refractivity contribution in [2.45, 2.75) is 52.5 Å². The van der Waals surface area contributed by atoms with Crippen LogP contribution in [0.2, 0.25) is 0 Å². The van der Waals surface area contributed by atoms with Gasteiger partial charge in [-0.2, -0.15) is 5.10 Å². The van der Waals surface area contributed by atoms with Gasteiger partial charge in [0.25, 0.3) is 0 Å². The van der Waals surface area contributed by atoms with E-state index in [9.17, 15) is 4.79 Å². The molecule has 3 heterocycles. The fourth-order valence-electron chi connectivity index (χ4n) is 5.13. The standard InChI is InChI=1S/C25H33N5O2/c1-4-22(30-9-11-32-12-10-30)24(31)26-17-6-5-16-13-20(27-19(16)14-17)23-18-7-8-25(2,3)15-21(18)28-29-23/h5-6,13-14,22,27H,4,7-12,15H2,1-3H3,(H,26,31)(H,28,29). The fraction of sp³-hybridized carbons (Fsp3) is 0.520. The quantitative estimate of drug-likeness (QED) is 0.563. The summed E-state index contributed by atoms with van der Waals surface area (Å²) in [6.45, 7) is 9.68. The second-order valence-electron chi connectivity index (χ2n) is 9.92. The summed E-state index contributed by atoms with van der Waals surface area (Å²) in [5, 5.41) is 12.2. The number of morpholine rings is 1. The molecule has 170 valence electrons. The summed E-state index contributed by atoms with van der Waals surface area (Å²) in [5.74, 6) is 0.0458. The Labute approximate surface area is 188 Å². The zero-order valence-electron chi connectivity index (χ0n) is 19.3. The zero-order chi connectivity index (χ0) is 22.3. The molecule has 1 aliphatic carbocycles. The van der Waals surface area contributed by atoms with E-state index in [2.05, 4.69) is 58.3 Å². The average molecular weight is 436 g/mol. The third kappa shape index (κ3) is 4.07. The van der Waals surface area contributed by atoms with Crippen molar-refractivity contribution in [3.05, 3.63) is 35.5 Å². The van der Waals surface area contributed by atoms with Crippen LogP contribution in [0.5, 0.6) is 0 Å². The van der Waals surface area contributed by atoms with Gasteiger partial charge in [-0.15, -0.1) is 0 Å². The summed E-state index contributed by atoms with van der Waals surface area (Å²) in [6, 6.07) is 8.08. The highest BCUT2D eigenvalue weighted by atomic mass is 16.5. The van der Waals surface area contributed by atoms with Crippen LogP contribution in [0.25, 0.3) is 22.3 Å². The number of aromatic amines is 2. The first-order valence-electron chi connectivity index (χ1n) is 11.8. The van der Waals surface area contributed by atoms with Crippen molar-refractivity contribution >= 4 is 22.5 Å². The Morgan fingerprint density at radius 1 is 1.28 bits per heavy atom. The number of anilines is 1. The summed E-state index contributed by atoms with van der Waals surface area (Å²) in [4.78, 5) is 18.7. The van der Waals surface area contributed by atoms with Crippen molar-refractivity contribution in [2.75, 3.05) is 31.6 Å².